The maximum absolute atomic E-state index is 11.6. The van der Waals surface area contributed by atoms with E-state index < -0.39 is 21.1 Å². The maximum Gasteiger partial charge on any atom is 0.503 e. The van der Waals surface area contributed by atoms with Gasteiger partial charge in [-0.05, 0) is 19.8 Å². The van der Waals surface area contributed by atoms with Crippen LogP contribution < -0.4 is 0 Å². The van der Waals surface area contributed by atoms with Crippen molar-refractivity contribution >= 4 is 14.8 Å². The molecule has 0 fully saturated rings. The Kier molecular flexibility index (Phi) is 10.6. The molecule has 0 spiro atoms. The first-order chi connectivity index (χ1) is 9.94. The normalized spacial score (nSPS) is 13.0. The molecule has 0 rings (SSSR count). The SMILES string of the molecule is C=C(C)C(=O)OC(CC)O[Si](CC)(OCCC)OCCC. The molecule has 1 atom stereocenters. The summed E-state index contributed by atoms with van der Waals surface area (Å²) in [5, 5.41) is 0. The number of carbonyl (C=O) groups is 1. The van der Waals surface area contributed by atoms with Crippen molar-refractivity contribution < 1.29 is 22.8 Å². The van der Waals surface area contributed by atoms with Crippen LogP contribution in [0.5, 0.6) is 0 Å². The molecule has 1 unspecified atom stereocenters. The summed E-state index contributed by atoms with van der Waals surface area (Å²) in [4.78, 5) is 11.6. The lowest BCUT2D eigenvalue weighted by atomic mass is 10.3. The Hall–Kier alpha value is -0.693. The van der Waals surface area contributed by atoms with E-state index in [-0.39, 0.29) is 0 Å². The van der Waals surface area contributed by atoms with Crippen molar-refractivity contribution in [2.24, 2.45) is 0 Å². The minimum atomic E-state index is -2.80. The van der Waals surface area contributed by atoms with E-state index in [9.17, 15) is 4.79 Å². The third-order valence-electron chi connectivity index (χ3n) is 2.72. The molecule has 6 heteroatoms. The lowest BCUT2D eigenvalue weighted by molar-refractivity contribution is -0.166. The summed E-state index contributed by atoms with van der Waals surface area (Å²) in [5.74, 6) is -0.452. The van der Waals surface area contributed by atoms with Crippen LogP contribution in [-0.4, -0.2) is 34.3 Å². The average molecular weight is 318 g/mol. The Morgan fingerprint density at radius 1 is 1.10 bits per heavy atom. The average Bonchev–Trinajstić information content (AvgIpc) is 2.48. The Bertz CT molecular complexity index is 311. The molecule has 0 radical (unpaired) electrons. The smallest absolute Gasteiger partial charge is 0.433 e. The van der Waals surface area contributed by atoms with Crippen LogP contribution in [-0.2, 0) is 22.8 Å². The predicted molar refractivity (Wildman–Crippen MR) is 84.8 cm³/mol. The highest BCUT2D eigenvalue weighted by molar-refractivity contribution is 6.60. The number of rotatable bonds is 12. The third-order valence-corrected chi connectivity index (χ3v) is 5.49. The Balaban J connectivity index is 4.86. The van der Waals surface area contributed by atoms with Gasteiger partial charge in [-0.25, -0.2) is 4.79 Å². The van der Waals surface area contributed by atoms with Crippen molar-refractivity contribution in [1.29, 1.82) is 0 Å². The number of hydrogen-bond acceptors (Lipinski definition) is 5. The van der Waals surface area contributed by atoms with E-state index in [4.69, 9.17) is 18.0 Å². The summed E-state index contributed by atoms with van der Waals surface area (Å²) >= 11 is 0. The van der Waals surface area contributed by atoms with Crippen molar-refractivity contribution in [3.8, 4) is 0 Å². The first-order valence-corrected chi connectivity index (χ1v) is 9.70. The third kappa shape index (κ3) is 7.76. The Labute approximate surface area is 130 Å². The highest BCUT2D eigenvalue weighted by atomic mass is 28.4. The number of ether oxygens (including phenoxy) is 1. The van der Waals surface area contributed by atoms with Crippen LogP contribution in [0.1, 0.15) is 53.9 Å². The van der Waals surface area contributed by atoms with E-state index in [0.717, 1.165) is 12.8 Å². The lowest BCUT2D eigenvalue weighted by Gasteiger charge is -2.32. The molecule has 124 valence electrons. The topological polar surface area (TPSA) is 54.0 Å². The van der Waals surface area contributed by atoms with Gasteiger partial charge in [0.05, 0.1) is 0 Å². The highest BCUT2D eigenvalue weighted by Crippen LogP contribution is 2.21. The summed E-state index contributed by atoms with van der Waals surface area (Å²) < 4.78 is 23.0. The van der Waals surface area contributed by atoms with Gasteiger partial charge in [0.15, 0.2) is 6.29 Å². The molecule has 0 bridgehead atoms. The lowest BCUT2D eigenvalue weighted by Crippen LogP contribution is -2.49. The first kappa shape index (κ1) is 20.3. The zero-order chi connectivity index (χ0) is 16.3. The second-order valence-corrected chi connectivity index (χ2v) is 7.76. The number of esters is 1. The largest absolute Gasteiger partial charge is 0.503 e. The summed E-state index contributed by atoms with van der Waals surface area (Å²) in [6, 6.07) is 0.647. The van der Waals surface area contributed by atoms with Crippen LogP contribution in [0, 0.1) is 0 Å². The van der Waals surface area contributed by atoms with Crippen molar-refractivity contribution in [1.82, 2.24) is 0 Å². The maximum atomic E-state index is 11.6. The van der Waals surface area contributed by atoms with Gasteiger partial charge in [0, 0.05) is 31.3 Å². The molecule has 0 aliphatic carbocycles. The molecule has 21 heavy (non-hydrogen) atoms. The summed E-state index contributed by atoms with van der Waals surface area (Å²) in [5.41, 5.74) is 0.352. The van der Waals surface area contributed by atoms with Crippen LogP contribution >= 0.6 is 0 Å². The predicted octanol–water partition coefficient (Wildman–Crippen LogP) is 3.67. The quantitative estimate of drug-likeness (QED) is 0.238. The van der Waals surface area contributed by atoms with Gasteiger partial charge in [0.2, 0.25) is 0 Å². The minimum Gasteiger partial charge on any atom is -0.433 e. The zero-order valence-electron chi connectivity index (χ0n) is 14.1. The van der Waals surface area contributed by atoms with Crippen LogP contribution in [0.4, 0.5) is 0 Å². The van der Waals surface area contributed by atoms with E-state index in [1.54, 1.807) is 6.92 Å². The molecule has 0 aromatic heterocycles. The van der Waals surface area contributed by atoms with Gasteiger partial charge < -0.3 is 18.0 Å². The van der Waals surface area contributed by atoms with Crippen molar-refractivity contribution in [3.63, 3.8) is 0 Å². The highest BCUT2D eigenvalue weighted by Gasteiger charge is 2.42. The molecule has 0 aliphatic rings. The number of carbonyl (C=O) groups excluding carboxylic acids is 1. The van der Waals surface area contributed by atoms with E-state index in [1.807, 2.05) is 27.7 Å². The van der Waals surface area contributed by atoms with Crippen LogP contribution in [0.15, 0.2) is 12.2 Å². The molecule has 0 aliphatic heterocycles. The zero-order valence-corrected chi connectivity index (χ0v) is 15.1. The first-order valence-electron chi connectivity index (χ1n) is 7.76. The molecule has 0 amide bonds. The molecule has 5 nitrogen and oxygen atoms in total. The van der Waals surface area contributed by atoms with Crippen LogP contribution in [0.3, 0.4) is 0 Å². The van der Waals surface area contributed by atoms with E-state index in [2.05, 4.69) is 6.58 Å². The molecule has 0 aromatic carbocycles. The van der Waals surface area contributed by atoms with E-state index >= 15 is 0 Å². The molecule has 0 saturated carbocycles. The van der Waals surface area contributed by atoms with Gasteiger partial charge in [-0.2, -0.15) is 0 Å². The molecular weight excluding hydrogens is 288 g/mol. The summed E-state index contributed by atoms with van der Waals surface area (Å²) in [7, 11) is -2.80. The number of hydrogen-bond donors (Lipinski definition) is 0. The van der Waals surface area contributed by atoms with E-state index in [1.165, 1.54) is 0 Å². The second kappa shape index (κ2) is 11.0. The molecular formula is C15H30O5Si. The van der Waals surface area contributed by atoms with Gasteiger partial charge >= 0.3 is 14.8 Å². The van der Waals surface area contributed by atoms with Crippen LogP contribution in [0.25, 0.3) is 0 Å². The van der Waals surface area contributed by atoms with Crippen molar-refractivity contribution in [2.45, 2.75) is 66.2 Å². The standard InChI is InChI=1S/C15H30O5Si/c1-7-11-17-21(10-4,18-12-8-2)20-14(9-3)19-15(16)13(5)6/h14H,5,7-12H2,1-4,6H3. The van der Waals surface area contributed by atoms with Crippen LogP contribution in [0.2, 0.25) is 6.04 Å². The van der Waals surface area contributed by atoms with Gasteiger partial charge in [-0.15, -0.1) is 0 Å². The van der Waals surface area contributed by atoms with Crippen molar-refractivity contribution in [3.05, 3.63) is 12.2 Å². The van der Waals surface area contributed by atoms with Gasteiger partial charge in [-0.1, -0.05) is 34.3 Å². The molecule has 0 heterocycles. The fraction of sp³-hybridized carbons (Fsp3) is 0.800. The summed E-state index contributed by atoms with van der Waals surface area (Å²) in [6.45, 7) is 14.3. The van der Waals surface area contributed by atoms with Gasteiger partial charge in [-0.3, -0.25) is 0 Å². The minimum absolute atomic E-state index is 0.352. The Morgan fingerprint density at radius 3 is 1.95 bits per heavy atom. The van der Waals surface area contributed by atoms with Gasteiger partial charge in [0.1, 0.15) is 0 Å². The summed E-state index contributed by atoms with van der Waals surface area (Å²) in [6.07, 6.45) is 1.65. The van der Waals surface area contributed by atoms with Crippen molar-refractivity contribution in [2.75, 3.05) is 13.2 Å². The second-order valence-electron chi connectivity index (χ2n) is 4.87. The molecule has 0 aromatic rings. The monoisotopic (exact) mass is 318 g/mol. The molecule has 0 saturated heterocycles. The fourth-order valence-electron chi connectivity index (χ4n) is 1.52. The van der Waals surface area contributed by atoms with E-state index in [0.29, 0.717) is 31.3 Å². The Morgan fingerprint density at radius 2 is 1.62 bits per heavy atom. The van der Waals surface area contributed by atoms with Gasteiger partial charge in [0.25, 0.3) is 0 Å². The molecule has 0 N–H and O–H groups in total. The fourth-order valence-corrected chi connectivity index (χ4v) is 3.96.